The van der Waals surface area contributed by atoms with E-state index in [4.69, 9.17) is 5.84 Å². The predicted octanol–water partition coefficient (Wildman–Crippen LogP) is 0.877. The number of carbonyl (C=O) groups is 1. The Kier molecular flexibility index (Phi) is 7.42. The highest BCUT2D eigenvalue weighted by Gasteiger charge is 2.21. The van der Waals surface area contributed by atoms with Gasteiger partial charge in [-0.05, 0) is 25.9 Å². The molecule has 0 aromatic carbocycles. The number of amides is 1. The molecule has 4 heteroatoms. The number of nitrogens with one attached hydrogen (secondary N) is 1. The van der Waals surface area contributed by atoms with Crippen molar-refractivity contribution in [3.8, 4) is 0 Å². The fourth-order valence-corrected chi connectivity index (χ4v) is 1.60. The van der Waals surface area contributed by atoms with Crippen LogP contribution < -0.4 is 11.3 Å². The van der Waals surface area contributed by atoms with Crippen molar-refractivity contribution in [3.05, 3.63) is 0 Å². The number of nitrogens with zero attached hydrogens (tertiary/aromatic N) is 1. The molecule has 0 aromatic heterocycles. The maximum atomic E-state index is 11.4. The number of hydrogen-bond acceptors (Lipinski definition) is 3. The molecule has 0 aromatic rings. The standard InChI is InChI=1S/C10H23N3O/c1-4-7-8-13(6-3)9(5-2)10(14)12-11/h9H,4-8,11H2,1-3H3,(H,12,14). The van der Waals surface area contributed by atoms with E-state index in [-0.39, 0.29) is 11.9 Å². The average molecular weight is 201 g/mol. The zero-order valence-electron chi connectivity index (χ0n) is 9.55. The van der Waals surface area contributed by atoms with Crippen LogP contribution in [0.2, 0.25) is 0 Å². The Labute approximate surface area is 86.8 Å². The van der Waals surface area contributed by atoms with E-state index in [1.807, 2.05) is 6.92 Å². The second-order valence-electron chi connectivity index (χ2n) is 3.41. The van der Waals surface area contributed by atoms with Crippen molar-refractivity contribution in [1.29, 1.82) is 0 Å². The lowest BCUT2D eigenvalue weighted by Crippen LogP contribution is -2.49. The monoisotopic (exact) mass is 201 g/mol. The highest BCUT2D eigenvalue weighted by molar-refractivity contribution is 5.81. The Balaban J connectivity index is 4.21. The molecule has 0 heterocycles. The molecule has 14 heavy (non-hydrogen) atoms. The molecule has 3 N–H and O–H groups in total. The van der Waals surface area contributed by atoms with Crippen molar-refractivity contribution in [2.24, 2.45) is 5.84 Å². The molecule has 1 atom stereocenters. The van der Waals surface area contributed by atoms with Gasteiger partial charge in [-0.2, -0.15) is 0 Å². The van der Waals surface area contributed by atoms with Crippen molar-refractivity contribution in [2.45, 2.75) is 46.1 Å². The van der Waals surface area contributed by atoms with Gasteiger partial charge in [0, 0.05) is 0 Å². The molecular weight excluding hydrogens is 178 g/mol. The Bertz CT molecular complexity index is 161. The van der Waals surface area contributed by atoms with Crippen LogP contribution in [-0.2, 0) is 4.79 Å². The fourth-order valence-electron chi connectivity index (χ4n) is 1.60. The number of carbonyl (C=O) groups excluding carboxylic acids is 1. The molecule has 0 saturated heterocycles. The van der Waals surface area contributed by atoms with E-state index in [0.29, 0.717) is 0 Å². The SMILES string of the molecule is CCCCN(CC)C(CC)C(=O)NN. The van der Waals surface area contributed by atoms with Gasteiger partial charge in [0.15, 0.2) is 0 Å². The molecule has 0 aliphatic heterocycles. The molecule has 0 saturated carbocycles. The van der Waals surface area contributed by atoms with E-state index in [1.54, 1.807) is 0 Å². The van der Waals surface area contributed by atoms with Gasteiger partial charge >= 0.3 is 0 Å². The average Bonchev–Trinajstić information content (AvgIpc) is 2.23. The summed E-state index contributed by atoms with van der Waals surface area (Å²) in [6.07, 6.45) is 3.08. The summed E-state index contributed by atoms with van der Waals surface area (Å²) in [4.78, 5) is 13.6. The maximum Gasteiger partial charge on any atom is 0.251 e. The van der Waals surface area contributed by atoms with Crippen molar-refractivity contribution in [1.82, 2.24) is 10.3 Å². The van der Waals surface area contributed by atoms with Gasteiger partial charge in [-0.25, -0.2) is 5.84 Å². The summed E-state index contributed by atoms with van der Waals surface area (Å²) in [5.74, 6) is 5.07. The van der Waals surface area contributed by atoms with Crippen molar-refractivity contribution in [2.75, 3.05) is 13.1 Å². The quantitative estimate of drug-likeness (QED) is 0.365. The third kappa shape index (κ3) is 4.07. The number of hydrazine groups is 1. The Morgan fingerprint density at radius 2 is 2.07 bits per heavy atom. The molecule has 1 unspecified atom stereocenters. The van der Waals surface area contributed by atoms with E-state index in [9.17, 15) is 4.79 Å². The molecule has 0 radical (unpaired) electrons. The predicted molar refractivity (Wildman–Crippen MR) is 58.6 cm³/mol. The van der Waals surface area contributed by atoms with Crippen molar-refractivity contribution < 1.29 is 4.79 Å². The lowest BCUT2D eigenvalue weighted by atomic mass is 10.1. The van der Waals surface area contributed by atoms with E-state index >= 15 is 0 Å². The van der Waals surface area contributed by atoms with E-state index < -0.39 is 0 Å². The molecule has 0 aliphatic rings. The Morgan fingerprint density at radius 1 is 1.43 bits per heavy atom. The lowest BCUT2D eigenvalue weighted by molar-refractivity contribution is -0.126. The second kappa shape index (κ2) is 7.76. The summed E-state index contributed by atoms with van der Waals surface area (Å²) in [5.41, 5.74) is 2.23. The first-order valence-corrected chi connectivity index (χ1v) is 5.45. The molecule has 0 spiro atoms. The van der Waals surface area contributed by atoms with Gasteiger partial charge in [0.2, 0.25) is 0 Å². The summed E-state index contributed by atoms with van der Waals surface area (Å²) in [6.45, 7) is 8.10. The molecule has 0 rings (SSSR count). The van der Waals surface area contributed by atoms with E-state index in [1.165, 1.54) is 0 Å². The summed E-state index contributed by atoms with van der Waals surface area (Å²) < 4.78 is 0. The molecule has 4 nitrogen and oxygen atoms in total. The molecule has 0 fully saturated rings. The number of rotatable bonds is 7. The van der Waals surface area contributed by atoms with Gasteiger partial charge in [0.25, 0.3) is 5.91 Å². The van der Waals surface area contributed by atoms with Gasteiger partial charge in [0.1, 0.15) is 0 Å². The van der Waals surface area contributed by atoms with Gasteiger partial charge in [-0.3, -0.25) is 15.1 Å². The molecule has 84 valence electrons. The number of likely N-dealkylation sites (N-methyl/N-ethyl adjacent to an activating group) is 1. The molecule has 0 aliphatic carbocycles. The summed E-state index contributed by atoms with van der Waals surface area (Å²) in [7, 11) is 0. The maximum absolute atomic E-state index is 11.4. The Morgan fingerprint density at radius 3 is 2.43 bits per heavy atom. The second-order valence-corrected chi connectivity index (χ2v) is 3.41. The zero-order valence-corrected chi connectivity index (χ0v) is 9.55. The van der Waals surface area contributed by atoms with Crippen LogP contribution in [0.3, 0.4) is 0 Å². The smallest absolute Gasteiger partial charge is 0.251 e. The molecular formula is C10H23N3O. The fraction of sp³-hybridized carbons (Fsp3) is 0.900. The molecule has 0 bridgehead atoms. The lowest BCUT2D eigenvalue weighted by Gasteiger charge is -2.28. The summed E-state index contributed by atoms with van der Waals surface area (Å²) in [5, 5.41) is 0. The first-order valence-electron chi connectivity index (χ1n) is 5.45. The number of hydrogen-bond donors (Lipinski definition) is 2. The van der Waals surface area contributed by atoms with Gasteiger partial charge < -0.3 is 0 Å². The summed E-state index contributed by atoms with van der Waals surface area (Å²) >= 11 is 0. The topological polar surface area (TPSA) is 58.4 Å². The third-order valence-corrected chi connectivity index (χ3v) is 2.48. The first kappa shape index (κ1) is 13.4. The van der Waals surface area contributed by atoms with Gasteiger partial charge in [0.05, 0.1) is 6.04 Å². The minimum atomic E-state index is -0.0783. The van der Waals surface area contributed by atoms with Crippen molar-refractivity contribution >= 4 is 5.91 Å². The van der Waals surface area contributed by atoms with E-state index in [2.05, 4.69) is 24.2 Å². The summed E-state index contributed by atoms with van der Waals surface area (Å²) in [6, 6.07) is -0.0726. The van der Waals surface area contributed by atoms with Crippen LogP contribution in [0.25, 0.3) is 0 Å². The van der Waals surface area contributed by atoms with Crippen LogP contribution in [-0.4, -0.2) is 29.9 Å². The first-order chi connectivity index (χ1) is 6.71. The van der Waals surface area contributed by atoms with Crippen molar-refractivity contribution in [3.63, 3.8) is 0 Å². The minimum Gasteiger partial charge on any atom is -0.293 e. The highest BCUT2D eigenvalue weighted by atomic mass is 16.2. The highest BCUT2D eigenvalue weighted by Crippen LogP contribution is 2.05. The molecule has 1 amide bonds. The largest absolute Gasteiger partial charge is 0.293 e. The number of unbranched alkanes of at least 4 members (excludes halogenated alkanes) is 1. The van der Waals surface area contributed by atoms with Gasteiger partial charge in [-0.1, -0.05) is 27.2 Å². The van der Waals surface area contributed by atoms with Crippen LogP contribution in [0.1, 0.15) is 40.0 Å². The third-order valence-electron chi connectivity index (χ3n) is 2.48. The normalized spacial score (nSPS) is 12.9. The minimum absolute atomic E-state index is 0.0726. The number of nitrogens with two attached hydrogens (primary N) is 1. The van der Waals surface area contributed by atoms with Crippen LogP contribution in [0.5, 0.6) is 0 Å². The Hall–Kier alpha value is -0.610. The van der Waals surface area contributed by atoms with Crippen LogP contribution >= 0.6 is 0 Å². The van der Waals surface area contributed by atoms with Crippen LogP contribution in [0.15, 0.2) is 0 Å². The zero-order chi connectivity index (χ0) is 11.0. The van der Waals surface area contributed by atoms with E-state index in [0.717, 1.165) is 32.4 Å². The van der Waals surface area contributed by atoms with Crippen LogP contribution in [0, 0.1) is 0 Å². The van der Waals surface area contributed by atoms with Gasteiger partial charge in [-0.15, -0.1) is 0 Å². The van der Waals surface area contributed by atoms with Crippen LogP contribution in [0.4, 0.5) is 0 Å².